The van der Waals surface area contributed by atoms with Gasteiger partial charge in [0, 0.05) is 36.7 Å². The highest BCUT2D eigenvalue weighted by Crippen LogP contribution is 2.40. The van der Waals surface area contributed by atoms with E-state index in [2.05, 4.69) is 10.3 Å². The summed E-state index contributed by atoms with van der Waals surface area (Å²) in [4.78, 5) is 34.0. The number of fused-ring (bicyclic) bond motifs is 3. The summed E-state index contributed by atoms with van der Waals surface area (Å²) in [6.07, 6.45) is -5.10. The second kappa shape index (κ2) is 10.0. The Morgan fingerprint density at radius 1 is 1.20 bits per heavy atom. The quantitative estimate of drug-likeness (QED) is 0.505. The number of halogens is 3. The van der Waals surface area contributed by atoms with Gasteiger partial charge in [-0.05, 0) is 57.9 Å². The van der Waals surface area contributed by atoms with E-state index >= 15 is 0 Å². The Labute approximate surface area is 201 Å². The van der Waals surface area contributed by atoms with E-state index in [-0.39, 0.29) is 24.7 Å². The van der Waals surface area contributed by atoms with Crippen molar-refractivity contribution in [3.8, 4) is 22.6 Å². The molecule has 0 saturated carbocycles. The number of pyridine rings is 1. The van der Waals surface area contributed by atoms with Crippen LogP contribution in [0.2, 0.25) is 0 Å². The van der Waals surface area contributed by atoms with E-state index in [1.54, 1.807) is 51.2 Å². The minimum Gasteiger partial charge on any atom is -0.488 e. The van der Waals surface area contributed by atoms with Crippen LogP contribution in [0, 0.1) is 0 Å². The van der Waals surface area contributed by atoms with Gasteiger partial charge in [-0.2, -0.15) is 13.2 Å². The number of rotatable bonds is 6. The third-order valence-electron chi connectivity index (χ3n) is 4.94. The number of alkyl halides is 3. The molecule has 0 fully saturated rings. The van der Waals surface area contributed by atoms with Gasteiger partial charge in [-0.25, -0.2) is 9.78 Å². The van der Waals surface area contributed by atoms with Crippen molar-refractivity contribution in [3.63, 3.8) is 0 Å². The van der Waals surface area contributed by atoms with Gasteiger partial charge in [0.1, 0.15) is 23.8 Å². The summed E-state index contributed by atoms with van der Waals surface area (Å²) in [6, 6.07) is 5.63. The first kappa shape index (κ1) is 26.1. The van der Waals surface area contributed by atoms with Crippen LogP contribution in [0.15, 0.2) is 30.5 Å². The lowest BCUT2D eigenvalue weighted by Gasteiger charge is -2.31. The molecule has 11 heteroatoms. The smallest absolute Gasteiger partial charge is 0.443 e. The molecule has 0 bridgehead atoms. The second-order valence-corrected chi connectivity index (χ2v) is 9.25. The molecule has 1 aromatic carbocycles. The number of hydroxylamine groups is 2. The summed E-state index contributed by atoms with van der Waals surface area (Å²) in [5.41, 5.74) is 1.46. The van der Waals surface area contributed by atoms with Crippen LogP contribution in [0.25, 0.3) is 11.1 Å². The molecule has 190 valence electrons. The van der Waals surface area contributed by atoms with E-state index < -0.39 is 30.3 Å². The molecule has 2 heterocycles. The Hall–Kier alpha value is -3.50. The Kier molecular flexibility index (Phi) is 7.47. The van der Waals surface area contributed by atoms with Crippen molar-refractivity contribution in [1.82, 2.24) is 10.0 Å². The van der Waals surface area contributed by atoms with Crippen LogP contribution in [0.5, 0.6) is 11.5 Å². The van der Waals surface area contributed by atoms with Gasteiger partial charge in [0.25, 0.3) is 0 Å². The van der Waals surface area contributed by atoms with Gasteiger partial charge in [-0.3, -0.25) is 4.79 Å². The maximum absolute atomic E-state index is 12.8. The summed E-state index contributed by atoms with van der Waals surface area (Å²) in [7, 11) is 0. The highest BCUT2D eigenvalue weighted by molar-refractivity contribution is 5.89. The molecular weight excluding hydrogens is 467 g/mol. The van der Waals surface area contributed by atoms with Crippen molar-refractivity contribution in [3.05, 3.63) is 36.0 Å². The number of benzene rings is 1. The van der Waals surface area contributed by atoms with Crippen LogP contribution < -0.4 is 14.9 Å². The highest BCUT2D eigenvalue weighted by Gasteiger charge is 2.33. The van der Waals surface area contributed by atoms with Gasteiger partial charge in [0.05, 0.1) is 6.04 Å². The molecule has 3 rings (SSSR count). The molecule has 2 aromatic rings. The summed E-state index contributed by atoms with van der Waals surface area (Å²) in [5.74, 6) is 0.768. The molecular formula is C24H28F3N3O5. The van der Waals surface area contributed by atoms with Crippen LogP contribution in [-0.2, 0) is 16.1 Å². The van der Waals surface area contributed by atoms with Crippen LogP contribution in [-0.4, -0.2) is 39.9 Å². The molecule has 0 saturated heterocycles. The Balaban J connectivity index is 1.86. The number of carbonyl (C=O) groups excluding carboxylic acids is 2. The Bertz CT molecular complexity index is 1100. The molecule has 0 aliphatic carbocycles. The number of ether oxygens (including phenoxy) is 2. The standard InChI is InChI=1S/C24H28F3N3O5/c1-14(8-9-24(25,26)27)30(22(32)34-23(3,4)5)35-17-6-7-18-19-11-21(29-15(2)31)28-12-16(19)13-33-20(18)10-17/h6-7,10-12,14H,8-9,13H2,1-5H3,(H,28,29,31). The van der Waals surface area contributed by atoms with Crippen molar-refractivity contribution in [2.24, 2.45) is 0 Å². The van der Waals surface area contributed by atoms with Crippen LogP contribution in [0.3, 0.4) is 0 Å². The van der Waals surface area contributed by atoms with Gasteiger partial charge >= 0.3 is 12.3 Å². The average Bonchev–Trinajstić information content (AvgIpc) is 2.73. The van der Waals surface area contributed by atoms with Crippen LogP contribution in [0.1, 0.15) is 53.0 Å². The number of hydrogen-bond acceptors (Lipinski definition) is 6. The first-order valence-corrected chi connectivity index (χ1v) is 11.0. The second-order valence-electron chi connectivity index (χ2n) is 9.25. The summed E-state index contributed by atoms with van der Waals surface area (Å²) in [5, 5.41) is 3.45. The van der Waals surface area contributed by atoms with Crippen molar-refractivity contribution in [2.75, 3.05) is 5.32 Å². The van der Waals surface area contributed by atoms with Crippen molar-refractivity contribution >= 4 is 17.8 Å². The number of nitrogens with zero attached hydrogens (tertiary/aromatic N) is 2. The van der Waals surface area contributed by atoms with E-state index in [1.165, 1.54) is 13.8 Å². The first-order valence-electron chi connectivity index (χ1n) is 11.0. The fourth-order valence-corrected chi connectivity index (χ4v) is 3.37. The first-order chi connectivity index (χ1) is 16.2. The molecule has 1 unspecified atom stereocenters. The number of anilines is 1. The number of nitrogens with one attached hydrogen (secondary N) is 1. The molecule has 8 nitrogen and oxygen atoms in total. The van der Waals surface area contributed by atoms with E-state index in [9.17, 15) is 22.8 Å². The number of hydrogen-bond donors (Lipinski definition) is 1. The summed E-state index contributed by atoms with van der Waals surface area (Å²) in [6.45, 7) is 8.01. The zero-order valence-corrected chi connectivity index (χ0v) is 20.2. The van der Waals surface area contributed by atoms with Crippen molar-refractivity contribution in [1.29, 1.82) is 0 Å². The van der Waals surface area contributed by atoms with Gasteiger partial charge in [0.15, 0.2) is 5.75 Å². The summed E-state index contributed by atoms with van der Waals surface area (Å²) < 4.78 is 49.4. The fourth-order valence-electron chi connectivity index (χ4n) is 3.37. The highest BCUT2D eigenvalue weighted by atomic mass is 19.4. The largest absolute Gasteiger partial charge is 0.488 e. The molecule has 1 atom stereocenters. The Morgan fingerprint density at radius 3 is 2.54 bits per heavy atom. The molecule has 1 N–H and O–H groups in total. The average molecular weight is 495 g/mol. The van der Waals surface area contributed by atoms with E-state index in [4.69, 9.17) is 14.3 Å². The zero-order valence-electron chi connectivity index (χ0n) is 20.2. The SMILES string of the molecule is CC(=O)Nc1cc2c(cn1)COc1cc(ON(C(=O)OC(C)(C)C)C(C)CCC(F)(F)F)ccc1-2. The molecule has 1 aliphatic heterocycles. The predicted octanol–water partition coefficient (Wildman–Crippen LogP) is 5.86. The lowest BCUT2D eigenvalue weighted by molar-refractivity contribution is -0.146. The maximum Gasteiger partial charge on any atom is 0.443 e. The van der Waals surface area contributed by atoms with Crippen molar-refractivity contribution < 1.29 is 37.1 Å². The van der Waals surface area contributed by atoms with E-state index in [0.29, 0.717) is 17.1 Å². The summed E-state index contributed by atoms with van der Waals surface area (Å²) >= 11 is 0. The molecule has 0 spiro atoms. The predicted molar refractivity (Wildman–Crippen MR) is 122 cm³/mol. The van der Waals surface area contributed by atoms with Gasteiger partial charge in [-0.1, -0.05) is 0 Å². The lowest BCUT2D eigenvalue weighted by atomic mass is 9.98. The number of aromatic nitrogens is 1. The lowest BCUT2D eigenvalue weighted by Crippen LogP contribution is -2.44. The molecule has 0 radical (unpaired) electrons. The maximum atomic E-state index is 12.8. The van der Waals surface area contributed by atoms with Crippen LogP contribution >= 0.6 is 0 Å². The van der Waals surface area contributed by atoms with E-state index in [0.717, 1.165) is 16.2 Å². The number of carbonyl (C=O) groups is 2. The molecule has 35 heavy (non-hydrogen) atoms. The third-order valence-corrected chi connectivity index (χ3v) is 4.94. The van der Waals surface area contributed by atoms with Gasteiger partial charge in [-0.15, -0.1) is 5.06 Å². The molecule has 1 aliphatic rings. The zero-order chi connectivity index (χ0) is 26.0. The fraction of sp³-hybridized carbons (Fsp3) is 0.458. The topological polar surface area (TPSA) is 90.0 Å². The normalized spacial score (nSPS) is 13.6. The van der Waals surface area contributed by atoms with Crippen molar-refractivity contribution in [2.45, 2.75) is 71.9 Å². The Morgan fingerprint density at radius 2 is 1.91 bits per heavy atom. The minimum absolute atomic E-state index is 0.188. The minimum atomic E-state index is -4.37. The number of amides is 2. The third kappa shape index (κ3) is 7.24. The monoisotopic (exact) mass is 495 g/mol. The van der Waals surface area contributed by atoms with E-state index in [1.807, 2.05) is 0 Å². The van der Waals surface area contributed by atoms with Gasteiger partial charge < -0.3 is 19.6 Å². The molecule has 1 aromatic heterocycles. The van der Waals surface area contributed by atoms with Gasteiger partial charge in [0.2, 0.25) is 5.91 Å². The molecule has 2 amide bonds. The van der Waals surface area contributed by atoms with Crippen LogP contribution in [0.4, 0.5) is 23.8 Å².